The Balaban J connectivity index is 2.75. The third-order valence-electron chi connectivity index (χ3n) is 2.69. The number of anilines is 1. The van der Waals surface area contributed by atoms with E-state index in [1.54, 1.807) is 12.1 Å². The van der Waals surface area contributed by atoms with Gasteiger partial charge in [0.05, 0.1) is 16.9 Å². The molecule has 8 nitrogen and oxygen atoms in total. The maximum atomic E-state index is 11.6. The number of aliphatic carboxylic acids is 1. The molecule has 0 aliphatic heterocycles. The minimum Gasteiger partial charge on any atom is -0.548 e. The van der Waals surface area contributed by atoms with Crippen molar-refractivity contribution in [2.45, 2.75) is 13.0 Å². The molecule has 8 heteroatoms. The monoisotopic (exact) mass is 277 g/mol. The summed E-state index contributed by atoms with van der Waals surface area (Å²) < 4.78 is 4.84. The van der Waals surface area contributed by atoms with E-state index >= 15 is 0 Å². The Kier molecular flexibility index (Phi) is 3.38. The Morgan fingerprint density at radius 2 is 2.05 bits per heavy atom. The number of carboxylic acid groups (broad SMARTS) is 1. The Morgan fingerprint density at radius 3 is 2.65 bits per heavy atom. The van der Waals surface area contributed by atoms with Gasteiger partial charge in [-0.05, 0) is 19.1 Å². The van der Waals surface area contributed by atoms with Gasteiger partial charge < -0.3 is 19.6 Å². The van der Waals surface area contributed by atoms with Crippen molar-refractivity contribution in [3.8, 4) is 0 Å². The summed E-state index contributed by atoms with van der Waals surface area (Å²) >= 11 is 0. The zero-order valence-corrected chi connectivity index (χ0v) is 10.3. The molecular formula is C12H9N2O6-. The first-order valence-corrected chi connectivity index (χ1v) is 5.59. The highest BCUT2D eigenvalue weighted by molar-refractivity contribution is 5.95. The number of nitrogens with one attached hydrogen (secondary N) is 1. The normalized spacial score (nSPS) is 12.1. The van der Waals surface area contributed by atoms with E-state index in [1.807, 2.05) is 0 Å². The molecule has 1 aromatic heterocycles. The van der Waals surface area contributed by atoms with Crippen LogP contribution in [0.1, 0.15) is 6.92 Å². The van der Waals surface area contributed by atoms with Gasteiger partial charge in [-0.15, -0.1) is 0 Å². The van der Waals surface area contributed by atoms with Crippen molar-refractivity contribution in [1.29, 1.82) is 0 Å². The number of nitrogens with zero attached hydrogens (tertiary/aromatic N) is 1. The number of rotatable bonds is 4. The van der Waals surface area contributed by atoms with Gasteiger partial charge in [-0.3, -0.25) is 10.1 Å². The zero-order valence-electron chi connectivity index (χ0n) is 10.3. The molecule has 2 rings (SSSR count). The average Bonchev–Trinajstić information content (AvgIpc) is 2.37. The van der Waals surface area contributed by atoms with Crippen LogP contribution in [0.4, 0.5) is 11.4 Å². The number of fused-ring (bicyclic) bond motifs is 1. The van der Waals surface area contributed by atoms with E-state index in [-0.39, 0.29) is 16.7 Å². The highest BCUT2D eigenvalue weighted by Gasteiger charge is 2.25. The molecule has 20 heavy (non-hydrogen) atoms. The number of hydrogen-bond acceptors (Lipinski definition) is 7. The molecule has 2 aromatic rings. The lowest BCUT2D eigenvalue weighted by Gasteiger charge is -2.16. The Hall–Kier alpha value is -2.90. The van der Waals surface area contributed by atoms with E-state index < -0.39 is 28.2 Å². The maximum Gasteiger partial charge on any atom is 0.417 e. The molecule has 1 N–H and O–H groups in total. The van der Waals surface area contributed by atoms with Gasteiger partial charge in [0.25, 0.3) is 0 Å². The van der Waals surface area contributed by atoms with Gasteiger partial charge >= 0.3 is 11.3 Å². The van der Waals surface area contributed by atoms with Gasteiger partial charge in [-0.1, -0.05) is 12.1 Å². The van der Waals surface area contributed by atoms with Crippen LogP contribution in [-0.2, 0) is 4.79 Å². The van der Waals surface area contributed by atoms with Crippen molar-refractivity contribution >= 4 is 28.3 Å². The van der Waals surface area contributed by atoms with Crippen LogP contribution in [0.3, 0.4) is 0 Å². The Bertz CT molecular complexity index is 751. The number of carbonyl (C=O) groups is 1. The summed E-state index contributed by atoms with van der Waals surface area (Å²) in [5.74, 6) is -1.45. The van der Waals surface area contributed by atoms with Crippen LogP contribution in [0.25, 0.3) is 11.0 Å². The molecule has 104 valence electrons. The molecule has 0 radical (unpaired) electrons. The first-order valence-electron chi connectivity index (χ1n) is 5.59. The fourth-order valence-electron chi connectivity index (χ4n) is 1.73. The van der Waals surface area contributed by atoms with E-state index in [2.05, 4.69) is 5.32 Å². The second-order valence-electron chi connectivity index (χ2n) is 4.05. The van der Waals surface area contributed by atoms with Crippen LogP contribution in [0.5, 0.6) is 0 Å². The van der Waals surface area contributed by atoms with Crippen molar-refractivity contribution in [2.24, 2.45) is 0 Å². The summed E-state index contributed by atoms with van der Waals surface area (Å²) in [5.41, 5.74) is -2.06. The summed E-state index contributed by atoms with van der Waals surface area (Å²) in [7, 11) is 0. The molecular weight excluding hydrogens is 268 g/mol. The molecule has 0 bridgehead atoms. The number of nitro groups is 1. The first kappa shape index (κ1) is 13.5. The number of para-hydroxylation sites is 1. The topological polar surface area (TPSA) is 126 Å². The van der Waals surface area contributed by atoms with E-state index in [9.17, 15) is 24.8 Å². The maximum absolute atomic E-state index is 11.6. The van der Waals surface area contributed by atoms with Crippen molar-refractivity contribution in [3.05, 3.63) is 44.8 Å². The van der Waals surface area contributed by atoms with Gasteiger partial charge in [0.2, 0.25) is 0 Å². The van der Waals surface area contributed by atoms with Crippen molar-refractivity contribution in [3.63, 3.8) is 0 Å². The predicted molar refractivity (Wildman–Crippen MR) is 67.2 cm³/mol. The predicted octanol–water partition coefficient (Wildman–Crippen LogP) is 0.251. The van der Waals surface area contributed by atoms with E-state index in [4.69, 9.17) is 4.42 Å². The molecule has 0 saturated heterocycles. The number of carboxylic acids is 1. The van der Waals surface area contributed by atoms with Crippen molar-refractivity contribution < 1.29 is 19.2 Å². The summed E-state index contributed by atoms with van der Waals surface area (Å²) in [6.45, 7) is 1.25. The highest BCUT2D eigenvalue weighted by atomic mass is 16.6. The summed E-state index contributed by atoms with van der Waals surface area (Å²) in [4.78, 5) is 32.5. The molecule has 0 saturated carbocycles. The molecule has 1 aromatic carbocycles. The van der Waals surface area contributed by atoms with Crippen LogP contribution in [0, 0.1) is 10.1 Å². The quantitative estimate of drug-likeness (QED) is 0.482. The summed E-state index contributed by atoms with van der Waals surface area (Å²) in [6, 6.07) is 4.90. The molecule has 0 amide bonds. The van der Waals surface area contributed by atoms with Gasteiger partial charge in [0.1, 0.15) is 11.3 Å². The van der Waals surface area contributed by atoms with Crippen LogP contribution in [-0.4, -0.2) is 16.9 Å². The minimum atomic E-state index is -1.45. The lowest BCUT2D eigenvalue weighted by molar-refractivity contribution is -0.386. The standard InChI is InChI=1S/C12H10N2O6/c1-6(11(15)16)13-9-7-4-2-3-5-8(7)20-12(17)10(9)14(18)19/h2-6,13H,1H3,(H,15,16)/p-1/t6-/m1/s1. The van der Waals surface area contributed by atoms with Crippen LogP contribution < -0.4 is 16.0 Å². The Morgan fingerprint density at radius 1 is 1.40 bits per heavy atom. The SMILES string of the molecule is C[C@@H](Nc1c([N+](=O)[O-])c(=O)oc2ccccc12)C(=O)[O-]. The largest absolute Gasteiger partial charge is 0.548 e. The lowest BCUT2D eigenvalue weighted by Crippen LogP contribution is -2.39. The van der Waals surface area contributed by atoms with E-state index in [0.29, 0.717) is 0 Å². The Labute approximate surface area is 111 Å². The molecule has 0 fully saturated rings. The summed E-state index contributed by atoms with van der Waals surface area (Å²) in [6.07, 6.45) is 0. The smallest absolute Gasteiger partial charge is 0.417 e. The van der Waals surface area contributed by atoms with E-state index in [0.717, 1.165) is 0 Å². The fourth-order valence-corrected chi connectivity index (χ4v) is 1.73. The average molecular weight is 277 g/mol. The number of hydrogen-bond donors (Lipinski definition) is 1. The van der Waals surface area contributed by atoms with Gasteiger partial charge in [-0.2, -0.15) is 0 Å². The third kappa shape index (κ3) is 2.30. The second kappa shape index (κ2) is 5.00. The number of benzene rings is 1. The van der Waals surface area contributed by atoms with Crippen LogP contribution >= 0.6 is 0 Å². The van der Waals surface area contributed by atoms with Crippen LogP contribution in [0.2, 0.25) is 0 Å². The summed E-state index contributed by atoms with van der Waals surface area (Å²) in [5, 5.41) is 24.4. The van der Waals surface area contributed by atoms with Crippen molar-refractivity contribution in [2.75, 3.05) is 5.32 Å². The highest BCUT2D eigenvalue weighted by Crippen LogP contribution is 2.30. The molecule has 0 unspecified atom stereocenters. The molecule has 0 aliphatic carbocycles. The number of carbonyl (C=O) groups excluding carboxylic acids is 1. The second-order valence-corrected chi connectivity index (χ2v) is 4.05. The van der Waals surface area contributed by atoms with Gasteiger partial charge in [0, 0.05) is 5.39 Å². The lowest BCUT2D eigenvalue weighted by atomic mass is 10.1. The minimum absolute atomic E-state index is 0.121. The molecule has 1 heterocycles. The zero-order chi connectivity index (χ0) is 14.9. The molecule has 1 atom stereocenters. The van der Waals surface area contributed by atoms with Gasteiger partial charge in [-0.25, -0.2) is 4.79 Å². The van der Waals surface area contributed by atoms with E-state index in [1.165, 1.54) is 19.1 Å². The van der Waals surface area contributed by atoms with Crippen LogP contribution in [0.15, 0.2) is 33.5 Å². The van der Waals surface area contributed by atoms with Crippen molar-refractivity contribution in [1.82, 2.24) is 0 Å². The molecule has 0 aliphatic rings. The first-order chi connectivity index (χ1) is 9.41. The fraction of sp³-hybridized carbons (Fsp3) is 0.167. The molecule has 0 spiro atoms. The van der Waals surface area contributed by atoms with Gasteiger partial charge in [0.15, 0.2) is 0 Å². The third-order valence-corrected chi connectivity index (χ3v) is 2.69.